The van der Waals surface area contributed by atoms with Crippen molar-refractivity contribution in [3.05, 3.63) is 54.2 Å². The van der Waals surface area contributed by atoms with Gasteiger partial charge in [0.25, 0.3) is 0 Å². The second kappa shape index (κ2) is 10.4. The number of carbonyl (C=O) groups is 1. The highest BCUT2D eigenvalue weighted by molar-refractivity contribution is 7.88. The van der Waals surface area contributed by atoms with Crippen LogP contribution in [0.15, 0.2) is 42.9 Å². The summed E-state index contributed by atoms with van der Waals surface area (Å²) < 4.78 is 38.4. The van der Waals surface area contributed by atoms with E-state index in [0.717, 1.165) is 19.3 Å². The van der Waals surface area contributed by atoms with Gasteiger partial charge in [-0.25, -0.2) is 26.6 Å². The Morgan fingerprint density at radius 2 is 1.85 bits per heavy atom. The molecule has 0 saturated carbocycles. The fraction of sp³-hybridized carbons (Fsp3) is 0.409. The van der Waals surface area contributed by atoms with Crippen LogP contribution < -0.4 is 5.73 Å². The summed E-state index contributed by atoms with van der Waals surface area (Å²) >= 11 is 0. The number of rotatable bonds is 5. The molecule has 3 N–H and O–H groups in total. The Morgan fingerprint density at radius 3 is 2.39 bits per heavy atom. The Bertz CT molecular complexity index is 1200. The lowest BCUT2D eigenvalue weighted by atomic mass is 9.92. The number of aromatic nitrogens is 3. The molecule has 0 radical (unpaired) electrons. The van der Waals surface area contributed by atoms with Crippen molar-refractivity contribution in [3.63, 3.8) is 0 Å². The highest BCUT2D eigenvalue weighted by Gasteiger charge is 2.25. The standard InChI is InChI=1S/C13H8FN3O2.C9H20N2O2S/c14-8-1-3-9(4-2-8)17-12-7-15-5-11(13(18)19)10(12)6-16-17;1-8(10)7-9-3-5-11(6-4-9)14(2,12)13/h1-7H,(H,18,19);8-9H,3-7,10H2,1-2H3. The van der Waals surface area contributed by atoms with Crippen LogP contribution in [0.3, 0.4) is 0 Å². The smallest absolute Gasteiger partial charge is 0.338 e. The molecule has 0 amide bonds. The SMILES string of the molecule is CC(N)CC1CCN(S(C)(=O)=O)CC1.O=C(O)c1cncc2c1cnn2-c1ccc(F)cc1. The van der Waals surface area contributed by atoms with Crippen LogP contribution >= 0.6 is 0 Å². The maximum Gasteiger partial charge on any atom is 0.338 e. The highest BCUT2D eigenvalue weighted by atomic mass is 32.2. The highest BCUT2D eigenvalue weighted by Crippen LogP contribution is 2.23. The quantitative estimate of drug-likeness (QED) is 0.577. The van der Waals surface area contributed by atoms with Gasteiger partial charge in [-0.3, -0.25) is 4.98 Å². The number of piperidine rings is 1. The first-order valence-electron chi connectivity index (χ1n) is 10.6. The molecule has 4 rings (SSSR count). The van der Waals surface area contributed by atoms with Gasteiger partial charge >= 0.3 is 5.97 Å². The molecule has 9 nitrogen and oxygen atoms in total. The third kappa shape index (κ3) is 6.34. The van der Waals surface area contributed by atoms with Crippen molar-refractivity contribution in [1.29, 1.82) is 0 Å². The van der Waals surface area contributed by atoms with Crippen LogP contribution in [-0.4, -0.2) is 64.0 Å². The fourth-order valence-electron chi connectivity index (χ4n) is 3.90. The van der Waals surface area contributed by atoms with Gasteiger partial charge < -0.3 is 10.8 Å². The van der Waals surface area contributed by atoms with Crippen LogP contribution in [0.25, 0.3) is 16.6 Å². The number of carboxylic acid groups (broad SMARTS) is 1. The van der Waals surface area contributed by atoms with Crippen LogP contribution in [0.4, 0.5) is 4.39 Å². The molecule has 0 aliphatic carbocycles. The molecule has 2 aromatic heterocycles. The summed E-state index contributed by atoms with van der Waals surface area (Å²) in [7, 11) is -2.98. The zero-order chi connectivity index (χ0) is 24.2. The first kappa shape index (κ1) is 24.7. The summed E-state index contributed by atoms with van der Waals surface area (Å²) in [6.07, 6.45) is 8.46. The fourth-order valence-corrected chi connectivity index (χ4v) is 4.78. The molecule has 11 heteroatoms. The van der Waals surface area contributed by atoms with E-state index in [1.165, 1.54) is 41.7 Å². The van der Waals surface area contributed by atoms with Gasteiger partial charge in [0, 0.05) is 30.7 Å². The molecule has 3 aromatic rings. The van der Waals surface area contributed by atoms with Crippen LogP contribution in [0.2, 0.25) is 0 Å². The van der Waals surface area contributed by atoms with Crippen LogP contribution in [0.1, 0.15) is 36.5 Å². The molecule has 1 fully saturated rings. The average molecular weight is 478 g/mol. The van der Waals surface area contributed by atoms with E-state index in [1.54, 1.807) is 16.4 Å². The van der Waals surface area contributed by atoms with E-state index in [-0.39, 0.29) is 17.4 Å². The van der Waals surface area contributed by atoms with Gasteiger partial charge in [-0.2, -0.15) is 5.10 Å². The molecule has 3 heterocycles. The summed E-state index contributed by atoms with van der Waals surface area (Å²) in [5.74, 6) is -0.797. The maximum absolute atomic E-state index is 12.9. The Kier molecular flexibility index (Phi) is 7.77. The zero-order valence-corrected chi connectivity index (χ0v) is 19.4. The van der Waals surface area contributed by atoms with E-state index in [0.29, 0.717) is 35.6 Å². The van der Waals surface area contributed by atoms with E-state index in [9.17, 15) is 17.6 Å². The molecule has 33 heavy (non-hydrogen) atoms. The van der Waals surface area contributed by atoms with Gasteiger partial charge in [-0.1, -0.05) is 0 Å². The number of hydrogen-bond acceptors (Lipinski definition) is 6. The minimum Gasteiger partial charge on any atom is -0.478 e. The average Bonchev–Trinajstić information content (AvgIpc) is 3.18. The predicted octanol–water partition coefficient (Wildman–Crippen LogP) is 2.65. The Morgan fingerprint density at radius 1 is 1.21 bits per heavy atom. The summed E-state index contributed by atoms with van der Waals surface area (Å²) in [6, 6.07) is 5.99. The third-order valence-electron chi connectivity index (χ3n) is 5.55. The van der Waals surface area contributed by atoms with Crippen molar-refractivity contribution in [3.8, 4) is 5.69 Å². The normalized spacial score (nSPS) is 16.2. The molecular weight excluding hydrogens is 449 g/mol. The first-order valence-corrected chi connectivity index (χ1v) is 12.4. The van der Waals surface area contributed by atoms with Crippen LogP contribution in [0.5, 0.6) is 0 Å². The van der Waals surface area contributed by atoms with Crippen molar-refractivity contribution >= 4 is 26.9 Å². The number of fused-ring (bicyclic) bond motifs is 1. The lowest BCUT2D eigenvalue weighted by molar-refractivity contribution is 0.0698. The first-order chi connectivity index (χ1) is 15.6. The van der Waals surface area contributed by atoms with Crippen molar-refractivity contribution in [2.24, 2.45) is 11.7 Å². The third-order valence-corrected chi connectivity index (χ3v) is 6.85. The summed E-state index contributed by atoms with van der Waals surface area (Å²) in [6.45, 7) is 3.33. The summed E-state index contributed by atoms with van der Waals surface area (Å²) in [4.78, 5) is 15.0. The molecule has 1 saturated heterocycles. The lowest BCUT2D eigenvalue weighted by Gasteiger charge is -2.30. The number of halogens is 1. The molecule has 1 aliphatic rings. The number of nitrogens with zero attached hydrogens (tertiary/aromatic N) is 4. The molecule has 1 unspecified atom stereocenters. The summed E-state index contributed by atoms with van der Waals surface area (Å²) in [5.41, 5.74) is 7.00. The van der Waals surface area contributed by atoms with E-state index in [1.807, 2.05) is 6.92 Å². The van der Waals surface area contributed by atoms with Gasteiger partial charge in [0.15, 0.2) is 0 Å². The second-order valence-corrected chi connectivity index (χ2v) is 10.3. The van der Waals surface area contributed by atoms with E-state index >= 15 is 0 Å². The number of benzene rings is 1. The molecule has 1 aromatic carbocycles. The Balaban J connectivity index is 0.000000196. The van der Waals surface area contributed by atoms with E-state index < -0.39 is 16.0 Å². The molecule has 0 bridgehead atoms. The number of hydrogen-bond donors (Lipinski definition) is 2. The Labute approximate surface area is 192 Å². The monoisotopic (exact) mass is 477 g/mol. The predicted molar refractivity (Wildman–Crippen MR) is 123 cm³/mol. The molecular formula is C22H28FN5O4S. The minimum absolute atomic E-state index is 0.0888. The summed E-state index contributed by atoms with van der Waals surface area (Å²) in [5, 5.41) is 13.7. The maximum atomic E-state index is 12.9. The molecule has 1 atom stereocenters. The number of nitrogens with two attached hydrogens (primary N) is 1. The van der Waals surface area contributed by atoms with Crippen molar-refractivity contribution in [1.82, 2.24) is 19.1 Å². The number of sulfonamides is 1. The van der Waals surface area contributed by atoms with Gasteiger partial charge in [0.05, 0.1) is 35.4 Å². The topological polar surface area (TPSA) is 131 Å². The number of carboxylic acids is 1. The van der Waals surface area contributed by atoms with E-state index in [4.69, 9.17) is 10.8 Å². The number of aromatic carboxylic acids is 1. The minimum atomic E-state index is -2.98. The van der Waals surface area contributed by atoms with E-state index in [2.05, 4.69) is 10.1 Å². The van der Waals surface area contributed by atoms with Gasteiger partial charge in [0.1, 0.15) is 5.82 Å². The van der Waals surface area contributed by atoms with Crippen molar-refractivity contribution in [2.45, 2.75) is 32.2 Å². The lowest BCUT2D eigenvalue weighted by Crippen LogP contribution is -2.38. The van der Waals surface area contributed by atoms with Crippen LogP contribution in [-0.2, 0) is 10.0 Å². The zero-order valence-electron chi connectivity index (χ0n) is 18.6. The number of pyridine rings is 1. The van der Waals surface area contributed by atoms with Gasteiger partial charge in [0.2, 0.25) is 10.0 Å². The second-order valence-electron chi connectivity index (χ2n) is 8.28. The molecule has 1 aliphatic heterocycles. The molecule has 178 valence electrons. The Hall–Kier alpha value is -2.89. The van der Waals surface area contributed by atoms with Gasteiger partial charge in [-0.15, -0.1) is 0 Å². The van der Waals surface area contributed by atoms with Gasteiger partial charge in [-0.05, 0) is 56.4 Å². The van der Waals surface area contributed by atoms with Crippen molar-refractivity contribution < 1.29 is 22.7 Å². The molecule has 0 spiro atoms. The van der Waals surface area contributed by atoms with Crippen molar-refractivity contribution in [2.75, 3.05) is 19.3 Å². The largest absolute Gasteiger partial charge is 0.478 e. The van der Waals surface area contributed by atoms with Crippen LogP contribution in [0, 0.1) is 11.7 Å².